The molecule has 2 aromatic rings. The van der Waals surface area contributed by atoms with Gasteiger partial charge < -0.3 is 15.0 Å². The Labute approximate surface area is 131 Å². The fourth-order valence-corrected chi connectivity index (χ4v) is 2.87. The normalized spacial score (nSPS) is 18.2. The molecule has 1 unspecified atom stereocenters. The van der Waals surface area contributed by atoms with Gasteiger partial charge in [-0.3, -0.25) is 0 Å². The molecule has 0 radical (unpaired) electrons. The first kappa shape index (κ1) is 15.8. The van der Waals surface area contributed by atoms with E-state index in [-0.39, 0.29) is 5.92 Å². The maximum absolute atomic E-state index is 12.8. The first-order valence-corrected chi connectivity index (χ1v) is 7.40. The highest BCUT2D eigenvalue weighted by atomic mass is 19.4. The number of rotatable bonds is 3. The zero-order valence-corrected chi connectivity index (χ0v) is 12.3. The highest BCUT2D eigenvalue weighted by Gasteiger charge is 2.32. The van der Waals surface area contributed by atoms with Gasteiger partial charge in [-0.1, -0.05) is 0 Å². The summed E-state index contributed by atoms with van der Waals surface area (Å²) in [7, 11) is 0. The Morgan fingerprint density at radius 1 is 1.22 bits per heavy atom. The number of nitrogens with zero attached hydrogens (tertiary/aromatic N) is 3. The van der Waals surface area contributed by atoms with Crippen LogP contribution in [-0.4, -0.2) is 33.1 Å². The summed E-state index contributed by atoms with van der Waals surface area (Å²) in [6, 6.07) is 2.04. The Morgan fingerprint density at radius 3 is 2.57 bits per heavy atom. The third kappa shape index (κ3) is 3.47. The number of piperidine rings is 1. The molecule has 0 bridgehead atoms. The zero-order valence-electron chi connectivity index (χ0n) is 12.3. The number of pyridine rings is 1. The Kier molecular flexibility index (Phi) is 4.25. The van der Waals surface area contributed by atoms with E-state index in [2.05, 4.69) is 15.0 Å². The summed E-state index contributed by atoms with van der Waals surface area (Å²) < 4.78 is 38.3. The molecule has 2 N–H and O–H groups in total. The van der Waals surface area contributed by atoms with Gasteiger partial charge in [-0.15, -0.1) is 0 Å². The van der Waals surface area contributed by atoms with Gasteiger partial charge in [-0.05, 0) is 30.9 Å². The molecular weight excluding hydrogens is 309 g/mol. The summed E-state index contributed by atoms with van der Waals surface area (Å²) in [4.78, 5) is 12.8. The topological polar surface area (TPSA) is 65.0 Å². The first-order valence-electron chi connectivity index (χ1n) is 7.40. The second-order valence-corrected chi connectivity index (χ2v) is 5.64. The number of anilines is 1. The fraction of sp³-hybridized carbons (Fsp3) is 0.467. The van der Waals surface area contributed by atoms with Crippen molar-refractivity contribution in [1.29, 1.82) is 0 Å². The molecule has 0 spiro atoms. The van der Waals surface area contributed by atoms with Gasteiger partial charge in [0.1, 0.15) is 17.7 Å². The molecular formula is C15H17F3N4O. The second kappa shape index (κ2) is 6.19. The number of nitrogens with one attached hydrogen (secondary N) is 1. The zero-order chi connectivity index (χ0) is 16.4. The summed E-state index contributed by atoms with van der Waals surface area (Å²) in [6.45, 7) is 1.10. The largest absolute Gasteiger partial charge is 0.416 e. The van der Waals surface area contributed by atoms with Crippen molar-refractivity contribution in [3.05, 3.63) is 42.1 Å². The number of H-pyrrole nitrogens is 1. The van der Waals surface area contributed by atoms with Crippen LogP contribution in [-0.2, 0) is 6.18 Å². The number of alkyl halides is 3. The number of aliphatic hydroxyl groups is 1. The van der Waals surface area contributed by atoms with E-state index in [0.29, 0.717) is 37.6 Å². The number of aromatic nitrogens is 3. The Hall–Kier alpha value is -2.09. The lowest BCUT2D eigenvalue weighted by atomic mass is 9.91. The van der Waals surface area contributed by atoms with Crippen LogP contribution in [0.3, 0.4) is 0 Å². The van der Waals surface area contributed by atoms with E-state index >= 15 is 0 Å². The van der Waals surface area contributed by atoms with Crippen molar-refractivity contribution in [3.8, 4) is 0 Å². The molecule has 5 nitrogen and oxygen atoms in total. The van der Waals surface area contributed by atoms with E-state index in [0.717, 1.165) is 12.1 Å². The van der Waals surface area contributed by atoms with Crippen molar-refractivity contribution in [2.45, 2.75) is 25.1 Å². The summed E-state index contributed by atoms with van der Waals surface area (Å²) in [5, 5.41) is 10.3. The molecule has 1 atom stereocenters. The van der Waals surface area contributed by atoms with Gasteiger partial charge in [0, 0.05) is 31.7 Å². The molecule has 1 aliphatic heterocycles. The molecule has 3 rings (SSSR count). The molecule has 23 heavy (non-hydrogen) atoms. The van der Waals surface area contributed by atoms with Crippen molar-refractivity contribution in [3.63, 3.8) is 0 Å². The van der Waals surface area contributed by atoms with Crippen molar-refractivity contribution in [2.24, 2.45) is 5.92 Å². The van der Waals surface area contributed by atoms with E-state index < -0.39 is 17.8 Å². The van der Waals surface area contributed by atoms with Crippen LogP contribution in [0.4, 0.5) is 19.0 Å². The molecule has 1 aliphatic rings. The lowest BCUT2D eigenvalue weighted by molar-refractivity contribution is -0.137. The van der Waals surface area contributed by atoms with Crippen LogP contribution < -0.4 is 4.90 Å². The molecule has 0 amide bonds. The third-order valence-electron chi connectivity index (χ3n) is 4.18. The van der Waals surface area contributed by atoms with Gasteiger partial charge in [0.2, 0.25) is 0 Å². The highest BCUT2D eigenvalue weighted by Crippen LogP contribution is 2.33. The highest BCUT2D eigenvalue weighted by molar-refractivity contribution is 5.42. The maximum Gasteiger partial charge on any atom is 0.416 e. The van der Waals surface area contributed by atoms with Crippen LogP contribution in [0.15, 0.2) is 30.7 Å². The van der Waals surface area contributed by atoms with Crippen LogP contribution in [0, 0.1) is 5.92 Å². The third-order valence-corrected chi connectivity index (χ3v) is 4.18. The second-order valence-electron chi connectivity index (χ2n) is 5.64. The average molecular weight is 326 g/mol. The van der Waals surface area contributed by atoms with E-state index in [1.54, 1.807) is 12.4 Å². The SMILES string of the molecule is OC(c1ncc[nH]1)C1CCN(c2cc(C(F)(F)F)ccn2)CC1. The predicted molar refractivity (Wildman–Crippen MR) is 77.7 cm³/mol. The van der Waals surface area contributed by atoms with Crippen molar-refractivity contribution >= 4 is 5.82 Å². The van der Waals surface area contributed by atoms with Gasteiger partial charge in [0.05, 0.1) is 5.56 Å². The summed E-state index contributed by atoms with van der Waals surface area (Å²) in [5.74, 6) is 0.884. The molecule has 124 valence electrons. The van der Waals surface area contributed by atoms with Gasteiger partial charge in [0.25, 0.3) is 0 Å². The number of imidazole rings is 1. The molecule has 1 saturated heterocycles. The Balaban J connectivity index is 1.65. The van der Waals surface area contributed by atoms with Crippen molar-refractivity contribution < 1.29 is 18.3 Å². The molecule has 0 aromatic carbocycles. The van der Waals surface area contributed by atoms with E-state index in [1.807, 2.05) is 4.90 Å². The van der Waals surface area contributed by atoms with E-state index in [4.69, 9.17) is 0 Å². The Bertz CT molecular complexity index is 636. The van der Waals surface area contributed by atoms with Crippen LogP contribution in [0.1, 0.15) is 30.3 Å². The van der Waals surface area contributed by atoms with Gasteiger partial charge >= 0.3 is 6.18 Å². The predicted octanol–water partition coefficient (Wildman–Crippen LogP) is 2.77. The van der Waals surface area contributed by atoms with Crippen molar-refractivity contribution in [1.82, 2.24) is 15.0 Å². The van der Waals surface area contributed by atoms with Gasteiger partial charge in [-0.2, -0.15) is 13.2 Å². The van der Waals surface area contributed by atoms with Crippen LogP contribution in [0.2, 0.25) is 0 Å². The lowest BCUT2D eigenvalue weighted by Gasteiger charge is -2.34. The summed E-state index contributed by atoms with van der Waals surface area (Å²) >= 11 is 0. The molecule has 3 heterocycles. The Morgan fingerprint density at radius 2 is 1.96 bits per heavy atom. The average Bonchev–Trinajstić information content (AvgIpc) is 3.08. The number of hydrogen-bond acceptors (Lipinski definition) is 4. The van der Waals surface area contributed by atoms with E-state index in [1.165, 1.54) is 6.20 Å². The van der Waals surface area contributed by atoms with Gasteiger partial charge in [0.15, 0.2) is 0 Å². The quantitative estimate of drug-likeness (QED) is 0.910. The molecule has 8 heteroatoms. The number of aromatic amines is 1. The van der Waals surface area contributed by atoms with Crippen molar-refractivity contribution in [2.75, 3.05) is 18.0 Å². The lowest BCUT2D eigenvalue weighted by Crippen LogP contribution is -2.36. The fourth-order valence-electron chi connectivity index (χ4n) is 2.87. The molecule has 1 fully saturated rings. The number of halogens is 3. The maximum atomic E-state index is 12.8. The minimum Gasteiger partial charge on any atom is -0.385 e. The number of aliphatic hydroxyl groups excluding tert-OH is 1. The van der Waals surface area contributed by atoms with Crippen LogP contribution >= 0.6 is 0 Å². The molecule has 0 aliphatic carbocycles. The van der Waals surface area contributed by atoms with Gasteiger partial charge in [-0.25, -0.2) is 9.97 Å². The first-order chi connectivity index (χ1) is 10.9. The minimum absolute atomic E-state index is 0.0307. The summed E-state index contributed by atoms with van der Waals surface area (Å²) in [5.41, 5.74) is -0.694. The smallest absolute Gasteiger partial charge is 0.385 e. The standard InChI is InChI=1S/C15H17F3N4O/c16-15(17,18)11-1-4-19-12(9-11)22-7-2-10(3-8-22)13(23)14-20-5-6-21-14/h1,4-6,9-10,13,23H,2-3,7-8H2,(H,20,21). The van der Waals surface area contributed by atoms with Crippen LogP contribution in [0.25, 0.3) is 0 Å². The molecule has 0 saturated carbocycles. The minimum atomic E-state index is -4.37. The van der Waals surface area contributed by atoms with Crippen LogP contribution in [0.5, 0.6) is 0 Å². The molecule has 2 aromatic heterocycles. The number of hydrogen-bond donors (Lipinski definition) is 2. The summed E-state index contributed by atoms with van der Waals surface area (Å²) in [6.07, 6.45) is 0.703. The van der Waals surface area contributed by atoms with E-state index in [9.17, 15) is 18.3 Å². The monoisotopic (exact) mass is 326 g/mol.